The minimum atomic E-state index is 0.954. The van der Waals surface area contributed by atoms with Gasteiger partial charge in [-0.1, -0.05) is 44.0 Å². The summed E-state index contributed by atoms with van der Waals surface area (Å²) in [6.45, 7) is 2.22. The summed E-state index contributed by atoms with van der Waals surface area (Å²) in [5, 5.41) is 0. The van der Waals surface area contributed by atoms with Crippen LogP contribution in [0.2, 0.25) is 0 Å². The molecule has 1 aromatic carbocycles. The maximum absolute atomic E-state index is 5.85. The van der Waals surface area contributed by atoms with Crippen LogP contribution in [0.5, 0.6) is 0 Å². The molecule has 2 rings (SSSR count). The Morgan fingerprint density at radius 2 is 1.76 bits per heavy atom. The monoisotopic (exact) mass is 340 g/mol. The summed E-state index contributed by atoms with van der Waals surface area (Å²) in [7, 11) is 0. The van der Waals surface area contributed by atoms with Crippen LogP contribution in [0.1, 0.15) is 43.7 Å². The number of benzene rings is 1. The zero-order valence-corrected chi connectivity index (χ0v) is 12.2. The first-order valence-electron chi connectivity index (χ1n) is 6.14. The summed E-state index contributed by atoms with van der Waals surface area (Å²) in [5.41, 5.74) is 2.49. The topological polar surface area (TPSA) is 9.23 Å². The van der Waals surface area contributed by atoms with Crippen molar-refractivity contribution in [3.05, 3.63) is 44.9 Å². The van der Waals surface area contributed by atoms with Crippen LogP contribution in [-0.2, 0) is 4.74 Å². The third-order valence-corrected chi connectivity index (χ3v) is 3.37. The van der Waals surface area contributed by atoms with Gasteiger partial charge in [0.05, 0.1) is 0 Å². The van der Waals surface area contributed by atoms with E-state index in [1.165, 1.54) is 30.4 Å². The fourth-order valence-electron chi connectivity index (χ4n) is 1.93. The van der Waals surface area contributed by atoms with Gasteiger partial charge in [0.15, 0.2) is 3.77 Å². The predicted octanol–water partition coefficient (Wildman–Crippen LogP) is 5.37. The van der Waals surface area contributed by atoms with Crippen LogP contribution in [0.25, 0.3) is 12.2 Å². The van der Waals surface area contributed by atoms with Gasteiger partial charge < -0.3 is 4.74 Å². The lowest BCUT2D eigenvalue weighted by atomic mass is 10.1. The lowest BCUT2D eigenvalue weighted by Gasteiger charge is -2.07. The third kappa shape index (κ3) is 3.60. The first kappa shape index (κ1) is 12.7. The Hall–Kier alpha value is -0.770. The van der Waals surface area contributed by atoms with Crippen molar-refractivity contribution in [1.82, 2.24) is 0 Å². The second-order valence-electron chi connectivity index (χ2n) is 4.25. The smallest absolute Gasteiger partial charge is 0.164 e. The largest absolute Gasteiger partial charge is 0.455 e. The molecule has 0 fully saturated rings. The maximum Gasteiger partial charge on any atom is 0.164 e. The van der Waals surface area contributed by atoms with Gasteiger partial charge in [-0.2, -0.15) is 0 Å². The molecule has 0 radical (unpaired) electrons. The minimum Gasteiger partial charge on any atom is -0.455 e. The molecule has 0 N–H and O–H groups in total. The average Bonchev–Trinajstić information content (AvgIpc) is 2.47. The number of rotatable bonds is 4. The van der Waals surface area contributed by atoms with Crippen molar-refractivity contribution in [3.8, 4) is 0 Å². The molecule has 90 valence electrons. The Morgan fingerprint density at radius 1 is 1.06 bits per heavy atom. The third-order valence-electron chi connectivity index (χ3n) is 2.84. The molecule has 17 heavy (non-hydrogen) atoms. The van der Waals surface area contributed by atoms with Crippen molar-refractivity contribution in [1.29, 1.82) is 0 Å². The molecule has 0 atom stereocenters. The van der Waals surface area contributed by atoms with E-state index in [0.717, 1.165) is 15.9 Å². The summed E-state index contributed by atoms with van der Waals surface area (Å²) in [6.07, 6.45) is 9.02. The molecular formula is C15H17IO. The minimum absolute atomic E-state index is 0.954. The summed E-state index contributed by atoms with van der Waals surface area (Å²) < 4.78 is 6.80. The van der Waals surface area contributed by atoms with E-state index in [1.54, 1.807) is 0 Å². The zero-order chi connectivity index (χ0) is 12.1. The van der Waals surface area contributed by atoms with Crippen molar-refractivity contribution in [2.45, 2.75) is 32.6 Å². The van der Waals surface area contributed by atoms with Crippen molar-refractivity contribution in [3.63, 3.8) is 0 Å². The predicted molar refractivity (Wildman–Crippen MR) is 81.6 cm³/mol. The normalized spacial score (nSPS) is 14.2. The Kier molecular flexibility index (Phi) is 4.66. The first-order valence-corrected chi connectivity index (χ1v) is 7.22. The molecule has 0 spiro atoms. The number of ether oxygens (including phenoxy) is 1. The Labute approximate surface area is 117 Å². The van der Waals surface area contributed by atoms with Crippen LogP contribution in [-0.4, -0.2) is 0 Å². The van der Waals surface area contributed by atoms with Crippen LogP contribution >= 0.6 is 22.6 Å². The fourth-order valence-corrected chi connectivity index (χ4v) is 2.54. The van der Waals surface area contributed by atoms with Crippen molar-refractivity contribution >= 4 is 34.7 Å². The molecule has 1 aliphatic rings. The van der Waals surface area contributed by atoms with Gasteiger partial charge in [0.2, 0.25) is 0 Å². The van der Waals surface area contributed by atoms with Crippen molar-refractivity contribution in [2.24, 2.45) is 0 Å². The van der Waals surface area contributed by atoms with Gasteiger partial charge in [-0.3, -0.25) is 0 Å². The summed E-state index contributed by atoms with van der Waals surface area (Å²) >= 11 is 2.25. The highest BCUT2D eigenvalue weighted by molar-refractivity contribution is 14.1. The quantitative estimate of drug-likeness (QED) is 0.529. The SMILES string of the molecule is CCCCCC1=Cc2ccccc2C=C(I)O1. The molecule has 0 bridgehead atoms. The van der Waals surface area contributed by atoms with Crippen LogP contribution in [0.3, 0.4) is 0 Å². The molecule has 0 amide bonds. The highest BCUT2D eigenvalue weighted by Crippen LogP contribution is 2.28. The molecule has 1 nitrogen and oxygen atoms in total. The van der Waals surface area contributed by atoms with E-state index in [9.17, 15) is 0 Å². The molecule has 0 aliphatic carbocycles. The fraction of sp³-hybridized carbons (Fsp3) is 0.333. The highest BCUT2D eigenvalue weighted by atomic mass is 127. The molecule has 1 heterocycles. The molecule has 1 aromatic rings. The van der Waals surface area contributed by atoms with Gasteiger partial charge in [-0.25, -0.2) is 0 Å². The van der Waals surface area contributed by atoms with E-state index in [-0.39, 0.29) is 0 Å². The molecule has 0 aromatic heterocycles. The number of hydrogen-bond acceptors (Lipinski definition) is 1. The summed E-state index contributed by atoms with van der Waals surface area (Å²) in [4.78, 5) is 0. The Morgan fingerprint density at radius 3 is 2.47 bits per heavy atom. The van der Waals surface area contributed by atoms with Crippen LogP contribution in [0.15, 0.2) is 33.8 Å². The number of fused-ring (bicyclic) bond motifs is 1. The Balaban J connectivity index is 2.20. The van der Waals surface area contributed by atoms with Crippen LogP contribution < -0.4 is 0 Å². The van der Waals surface area contributed by atoms with Crippen molar-refractivity contribution in [2.75, 3.05) is 0 Å². The number of unbranched alkanes of at least 4 members (excludes halogenated alkanes) is 2. The average molecular weight is 340 g/mol. The van der Waals surface area contributed by atoms with E-state index in [1.807, 2.05) is 0 Å². The van der Waals surface area contributed by atoms with Gasteiger partial charge in [0.1, 0.15) is 5.76 Å². The molecule has 0 saturated carbocycles. The van der Waals surface area contributed by atoms with E-state index in [2.05, 4.69) is 65.9 Å². The first-order chi connectivity index (χ1) is 8.29. The lowest BCUT2D eigenvalue weighted by molar-refractivity contribution is 0.331. The molecule has 2 heteroatoms. The molecule has 0 saturated heterocycles. The van der Waals surface area contributed by atoms with Gasteiger partial charge in [0, 0.05) is 6.42 Å². The number of halogens is 1. The molecule has 1 aliphatic heterocycles. The van der Waals surface area contributed by atoms with E-state index >= 15 is 0 Å². The Bertz CT molecular complexity index is 446. The highest BCUT2D eigenvalue weighted by Gasteiger charge is 2.09. The lowest BCUT2D eigenvalue weighted by Crippen LogP contribution is -1.88. The van der Waals surface area contributed by atoms with E-state index in [4.69, 9.17) is 4.74 Å². The van der Waals surface area contributed by atoms with Gasteiger partial charge >= 0.3 is 0 Å². The molecule has 0 unspecified atom stereocenters. The second kappa shape index (κ2) is 6.24. The maximum atomic E-state index is 5.85. The van der Waals surface area contributed by atoms with Crippen LogP contribution in [0, 0.1) is 0 Å². The van der Waals surface area contributed by atoms with Crippen LogP contribution in [0.4, 0.5) is 0 Å². The second-order valence-corrected chi connectivity index (χ2v) is 5.31. The van der Waals surface area contributed by atoms with Gasteiger partial charge in [-0.15, -0.1) is 0 Å². The summed E-state index contributed by atoms with van der Waals surface area (Å²) in [5.74, 6) is 1.09. The molecular weight excluding hydrogens is 323 g/mol. The standard InChI is InChI=1S/C15H17IO/c1-2-3-4-9-14-10-12-7-5-6-8-13(12)11-15(16)17-14/h5-8,10-11H,2-4,9H2,1H3. The van der Waals surface area contributed by atoms with Gasteiger partial charge in [0.25, 0.3) is 0 Å². The summed E-state index contributed by atoms with van der Waals surface area (Å²) in [6, 6.07) is 8.41. The number of allylic oxidation sites excluding steroid dienone is 1. The zero-order valence-electron chi connectivity index (χ0n) is 10.1. The van der Waals surface area contributed by atoms with Crippen molar-refractivity contribution < 1.29 is 4.74 Å². The van der Waals surface area contributed by atoms with E-state index < -0.39 is 0 Å². The van der Waals surface area contributed by atoms with E-state index in [0.29, 0.717) is 0 Å². The number of hydrogen-bond donors (Lipinski definition) is 0. The van der Waals surface area contributed by atoms with Gasteiger partial charge in [-0.05, 0) is 52.3 Å².